The van der Waals surface area contributed by atoms with Crippen molar-refractivity contribution < 1.29 is 44.6 Å². The summed E-state index contributed by atoms with van der Waals surface area (Å²) in [4.78, 5) is 0. The van der Waals surface area contributed by atoms with Crippen LogP contribution < -0.4 is 5.32 Å². The lowest BCUT2D eigenvalue weighted by Crippen LogP contribution is -2.41. The first kappa shape index (κ1) is 25.8. The van der Waals surface area contributed by atoms with Gasteiger partial charge < -0.3 is 10.4 Å². The number of aliphatic hydroxyl groups is 1. The molecule has 3 atom stereocenters. The van der Waals surface area contributed by atoms with Crippen LogP contribution in [0.15, 0.2) is 40.9 Å². The van der Waals surface area contributed by atoms with Crippen LogP contribution in [0, 0.1) is 0 Å². The van der Waals surface area contributed by atoms with Crippen molar-refractivity contribution in [2.24, 2.45) is 0 Å². The zero-order valence-corrected chi connectivity index (χ0v) is 18.1. The van der Waals surface area contributed by atoms with Crippen LogP contribution in [0.3, 0.4) is 0 Å². The van der Waals surface area contributed by atoms with Crippen molar-refractivity contribution in [3.8, 4) is 0 Å². The Kier molecular flexibility index (Phi) is 7.12. The second-order valence-corrected chi connectivity index (χ2v) is 8.63. The Morgan fingerprint density at radius 1 is 0.788 bits per heavy atom. The van der Waals surface area contributed by atoms with Crippen molar-refractivity contribution in [3.05, 3.63) is 68.7 Å². The molecule has 0 saturated carbocycles. The number of halogens is 10. The number of hydrogen-bond donors (Lipinski definition) is 2. The fourth-order valence-electron chi connectivity index (χ4n) is 3.83. The van der Waals surface area contributed by atoms with Crippen LogP contribution in [0.4, 0.5) is 39.5 Å². The van der Waals surface area contributed by atoms with Gasteiger partial charge in [0.15, 0.2) is 0 Å². The van der Waals surface area contributed by atoms with Crippen LogP contribution in [0.2, 0.25) is 0 Å². The van der Waals surface area contributed by atoms with Crippen molar-refractivity contribution in [1.82, 2.24) is 5.32 Å². The molecule has 0 radical (unpaired) electrons. The highest BCUT2D eigenvalue weighted by Crippen LogP contribution is 2.41. The van der Waals surface area contributed by atoms with E-state index in [4.69, 9.17) is 0 Å². The number of aliphatic hydroxyl groups excluding tert-OH is 1. The molecule has 1 heterocycles. The maximum atomic E-state index is 13.1. The molecule has 1 fully saturated rings. The van der Waals surface area contributed by atoms with Gasteiger partial charge in [-0.25, -0.2) is 0 Å². The quantitative estimate of drug-likeness (QED) is 0.390. The third-order valence-electron chi connectivity index (χ3n) is 5.45. The van der Waals surface area contributed by atoms with Gasteiger partial charge in [-0.05, 0) is 66.8 Å². The zero-order chi connectivity index (χ0) is 24.8. The van der Waals surface area contributed by atoms with Gasteiger partial charge in [0.25, 0.3) is 0 Å². The van der Waals surface area contributed by atoms with E-state index in [1.807, 2.05) is 0 Å². The summed E-state index contributed by atoms with van der Waals surface area (Å²) in [6.45, 7) is 0. The Morgan fingerprint density at radius 3 is 1.85 bits per heavy atom. The molecule has 0 unspecified atom stereocenters. The second-order valence-electron chi connectivity index (χ2n) is 7.77. The summed E-state index contributed by atoms with van der Waals surface area (Å²) in [7, 11) is 0. The van der Waals surface area contributed by atoms with Gasteiger partial charge in [0, 0.05) is 16.6 Å². The molecule has 2 aromatic carbocycles. The molecule has 0 aromatic heterocycles. The van der Waals surface area contributed by atoms with E-state index in [-0.39, 0.29) is 18.1 Å². The molecular weight excluding hydrogens is 533 g/mol. The van der Waals surface area contributed by atoms with Gasteiger partial charge in [-0.15, -0.1) is 0 Å². The summed E-state index contributed by atoms with van der Waals surface area (Å²) in [5.41, 5.74) is -4.38. The first-order valence-electron chi connectivity index (χ1n) is 9.67. The molecule has 182 valence electrons. The first-order chi connectivity index (χ1) is 15.1. The van der Waals surface area contributed by atoms with E-state index in [0.717, 1.165) is 12.1 Å². The predicted molar refractivity (Wildman–Crippen MR) is 104 cm³/mol. The molecule has 0 amide bonds. The number of hydrogen-bond acceptors (Lipinski definition) is 2. The van der Waals surface area contributed by atoms with E-state index in [1.54, 1.807) is 0 Å². The number of piperidine rings is 1. The molecule has 1 saturated heterocycles. The average molecular weight is 550 g/mol. The van der Waals surface area contributed by atoms with E-state index >= 15 is 0 Å². The van der Waals surface area contributed by atoms with Gasteiger partial charge in [-0.1, -0.05) is 15.9 Å². The van der Waals surface area contributed by atoms with E-state index in [9.17, 15) is 44.6 Å². The molecule has 2 N–H and O–H groups in total. The molecule has 12 heteroatoms. The molecule has 0 aliphatic carbocycles. The minimum absolute atomic E-state index is 0.0347. The van der Waals surface area contributed by atoms with Gasteiger partial charge in [-0.2, -0.15) is 39.5 Å². The van der Waals surface area contributed by atoms with Crippen molar-refractivity contribution in [3.63, 3.8) is 0 Å². The van der Waals surface area contributed by atoms with Gasteiger partial charge >= 0.3 is 18.5 Å². The first-order valence-corrected chi connectivity index (χ1v) is 10.5. The SMILES string of the molecule is O[C@H](c1cc(C(F)(F)F)cc(C(F)(F)F)c1)[C@@H]1CCC[C@@H](c2cc(C(F)(F)F)ccc2Br)N1. The van der Waals surface area contributed by atoms with Gasteiger partial charge in [0.1, 0.15) is 0 Å². The predicted octanol–water partition coefficient (Wildman–Crippen LogP) is 7.42. The summed E-state index contributed by atoms with van der Waals surface area (Å²) in [5, 5.41) is 13.5. The fraction of sp³-hybridized carbons (Fsp3) is 0.429. The third kappa shape index (κ3) is 6.02. The Bertz CT molecular complexity index is 968. The van der Waals surface area contributed by atoms with Crippen molar-refractivity contribution in [1.29, 1.82) is 0 Å². The second kappa shape index (κ2) is 9.10. The zero-order valence-electron chi connectivity index (χ0n) is 16.5. The van der Waals surface area contributed by atoms with Crippen LogP contribution >= 0.6 is 15.9 Å². The lowest BCUT2D eigenvalue weighted by atomic mass is 9.87. The van der Waals surface area contributed by atoms with Crippen LogP contribution in [-0.4, -0.2) is 11.1 Å². The Morgan fingerprint density at radius 2 is 1.33 bits per heavy atom. The maximum absolute atomic E-state index is 13.1. The number of nitrogens with one attached hydrogen (secondary N) is 1. The molecular formula is C21H17BrF9NO. The normalized spacial score (nSPS) is 21.2. The lowest BCUT2D eigenvalue weighted by Gasteiger charge is -2.35. The summed E-state index contributed by atoms with van der Waals surface area (Å²) < 4.78 is 119. The summed E-state index contributed by atoms with van der Waals surface area (Å²) in [6.07, 6.45) is -15.5. The van der Waals surface area contributed by atoms with E-state index in [0.29, 0.717) is 29.4 Å². The van der Waals surface area contributed by atoms with E-state index < -0.39 is 59.0 Å². The highest BCUT2D eigenvalue weighted by Gasteiger charge is 2.39. The Balaban J connectivity index is 1.93. The minimum atomic E-state index is -5.07. The van der Waals surface area contributed by atoms with E-state index in [2.05, 4.69) is 21.2 Å². The number of benzene rings is 2. The number of alkyl halides is 9. The van der Waals surface area contributed by atoms with Crippen molar-refractivity contribution in [2.75, 3.05) is 0 Å². The molecule has 1 aliphatic rings. The lowest BCUT2D eigenvalue weighted by molar-refractivity contribution is -0.143. The molecule has 3 rings (SSSR count). The number of rotatable bonds is 3. The largest absolute Gasteiger partial charge is 0.416 e. The smallest absolute Gasteiger partial charge is 0.387 e. The highest BCUT2D eigenvalue weighted by molar-refractivity contribution is 9.10. The standard InChI is InChI=1S/C21H17BrF9NO/c22-15-5-4-11(19(23,24)25)9-14(15)16-2-1-3-17(32-16)18(33)10-6-12(20(26,27)28)8-13(7-10)21(29,30)31/h4-9,16-18,32-33H,1-3H2/t16-,17-,18+/m0/s1. The van der Waals surface area contributed by atoms with Crippen LogP contribution in [-0.2, 0) is 18.5 Å². The molecule has 1 aliphatic heterocycles. The van der Waals surface area contributed by atoms with E-state index in [1.165, 1.54) is 6.07 Å². The van der Waals surface area contributed by atoms with Crippen LogP contribution in [0.5, 0.6) is 0 Å². The topological polar surface area (TPSA) is 32.3 Å². The minimum Gasteiger partial charge on any atom is -0.387 e. The molecule has 2 aromatic rings. The van der Waals surface area contributed by atoms with Gasteiger partial charge in [0.2, 0.25) is 0 Å². The van der Waals surface area contributed by atoms with Crippen molar-refractivity contribution in [2.45, 2.75) is 56.0 Å². The third-order valence-corrected chi connectivity index (χ3v) is 6.18. The summed E-state index contributed by atoms with van der Waals surface area (Å²) in [6, 6.07) is 2.19. The molecule has 0 bridgehead atoms. The summed E-state index contributed by atoms with van der Waals surface area (Å²) in [5.74, 6) is 0. The van der Waals surface area contributed by atoms with Gasteiger partial charge in [-0.3, -0.25) is 0 Å². The van der Waals surface area contributed by atoms with Gasteiger partial charge in [0.05, 0.1) is 22.8 Å². The van der Waals surface area contributed by atoms with Crippen LogP contribution in [0.25, 0.3) is 0 Å². The molecule has 2 nitrogen and oxygen atoms in total. The molecule has 33 heavy (non-hydrogen) atoms. The Hall–Kier alpha value is -1.79. The Labute approximate surface area is 190 Å². The summed E-state index contributed by atoms with van der Waals surface area (Å²) >= 11 is 3.18. The molecule has 0 spiro atoms. The highest BCUT2D eigenvalue weighted by atomic mass is 79.9. The average Bonchev–Trinajstić information content (AvgIpc) is 2.71. The fourth-order valence-corrected chi connectivity index (χ4v) is 4.35. The monoisotopic (exact) mass is 549 g/mol. The maximum Gasteiger partial charge on any atom is 0.416 e. The van der Waals surface area contributed by atoms with Crippen molar-refractivity contribution >= 4 is 15.9 Å². The van der Waals surface area contributed by atoms with Crippen LogP contribution in [0.1, 0.15) is 59.2 Å².